The van der Waals surface area contributed by atoms with E-state index in [0.717, 1.165) is 16.6 Å². The van der Waals surface area contributed by atoms with Crippen LogP contribution in [0.2, 0.25) is 0 Å². The van der Waals surface area contributed by atoms with Gasteiger partial charge in [0.15, 0.2) is 0 Å². The zero-order chi connectivity index (χ0) is 17.3. The summed E-state index contributed by atoms with van der Waals surface area (Å²) in [5, 5.41) is 3.12. The molecule has 3 N–H and O–H groups in total. The van der Waals surface area contributed by atoms with Crippen molar-refractivity contribution in [2.75, 3.05) is 13.6 Å². The minimum Gasteiger partial charge on any atom is -0.400 e. The molecule has 0 amide bonds. The zero-order valence-corrected chi connectivity index (χ0v) is 14.6. The number of nitrogens with two attached hydrogens (primary N) is 1. The van der Waals surface area contributed by atoms with E-state index < -0.39 is 18.3 Å². The molecule has 1 fully saturated rings. The maximum Gasteiger partial charge on any atom is 0.491 e. The van der Waals surface area contributed by atoms with Crippen LogP contribution in [0.3, 0.4) is 0 Å². The molecule has 23 heavy (non-hydrogen) atoms. The third-order valence-electron chi connectivity index (χ3n) is 4.61. The lowest BCUT2D eigenvalue weighted by molar-refractivity contribution is 0.00578. The van der Waals surface area contributed by atoms with Crippen LogP contribution in [0.15, 0.2) is 23.7 Å². The van der Waals surface area contributed by atoms with Crippen LogP contribution in [0.4, 0.5) is 4.39 Å². The van der Waals surface area contributed by atoms with Gasteiger partial charge in [-0.3, -0.25) is 0 Å². The topological polar surface area (TPSA) is 56.5 Å². The van der Waals surface area contributed by atoms with Gasteiger partial charge < -0.3 is 20.4 Å². The van der Waals surface area contributed by atoms with E-state index in [9.17, 15) is 4.39 Å². The smallest absolute Gasteiger partial charge is 0.400 e. The van der Waals surface area contributed by atoms with Crippen molar-refractivity contribution in [2.45, 2.75) is 45.4 Å². The van der Waals surface area contributed by atoms with Crippen LogP contribution in [-0.2, 0) is 15.9 Å². The maximum atomic E-state index is 13.6. The van der Waals surface area contributed by atoms with Crippen LogP contribution >= 0.6 is 0 Å². The fourth-order valence-electron chi connectivity index (χ4n) is 2.49. The van der Waals surface area contributed by atoms with Crippen molar-refractivity contribution in [1.29, 1.82) is 0 Å². The van der Waals surface area contributed by atoms with Crippen LogP contribution in [0.25, 0.3) is 6.08 Å². The molecule has 0 radical (unpaired) electrons. The minimum atomic E-state index is -0.471. The van der Waals surface area contributed by atoms with E-state index in [2.05, 4.69) is 5.32 Å². The highest BCUT2D eigenvalue weighted by atomic mass is 19.1. The van der Waals surface area contributed by atoms with Crippen molar-refractivity contribution in [2.24, 2.45) is 5.73 Å². The highest BCUT2D eigenvalue weighted by molar-refractivity contribution is 6.55. The second-order valence-electron chi connectivity index (χ2n) is 6.89. The predicted molar refractivity (Wildman–Crippen MR) is 92.3 cm³/mol. The Balaban J connectivity index is 2.38. The maximum absolute atomic E-state index is 13.6. The van der Waals surface area contributed by atoms with Gasteiger partial charge in [-0.05, 0) is 63.5 Å². The first-order valence-electron chi connectivity index (χ1n) is 7.89. The summed E-state index contributed by atoms with van der Waals surface area (Å²) in [6.45, 7) is 8.98. The lowest BCUT2D eigenvalue weighted by Crippen LogP contribution is -2.41. The molecule has 0 aromatic heterocycles. The van der Waals surface area contributed by atoms with Crippen molar-refractivity contribution in [3.8, 4) is 0 Å². The van der Waals surface area contributed by atoms with Gasteiger partial charge in [-0.25, -0.2) is 4.39 Å². The highest BCUT2D eigenvalue weighted by Crippen LogP contribution is 2.38. The molecule has 1 aliphatic heterocycles. The van der Waals surface area contributed by atoms with Crippen LogP contribution in [0, 0.1) is 5.82 Å². The van der Waals surface area contributed by atoms with Crippen LogP contribution < -0.4 is 11.1 Å². The molecule has 1 saturated heterocycles. The predicted octanol–water partition coefficient (Wildman–Crippen LogP) is 2.52. The number of rotatable bonds is 5. The molecule has 1 heterocycles. The molecule has 1 aromatic carbocycles. The summed E-state index contributed by atoms with van der Waals surface area (Å²) in [7, 11) is 1.38. The molecule has 1 aliphatic rings. The third-order valence-corrected chi connectivity index (χ3v) is 4.61. The molecule has 0 bridgehead atoms. The Bertz CT molecular complexity index is 586. The summed E-state index contributed by atoms with van der Waals surface area (Å²) in [6.07, 6.45) is 1.91. The molecule has 1 aromatic rings. The Labute approximate surface area is 138 Å². The number of halogens is 1. The van der Waals surface area contributed by atoms with Crippen LogP contribution in [-0.4, -0.2) is 31.9 Å². The van der Waals surface area contributed by atoms with Gasteiger partial charge >= 0.3 is 7.12 Å². The molecule has 4 nitrogen and oxygen atoms in total. The van der Waals surface area contributed by atoms with Gasteiger partial charge in [-0.1, -0.05) is 12.1 Å². The van der Waals surface area contributed by atoms with Gasteiger partial charge in [-0.15, -0.1) is 0 Å². The highest BCUT2D eigenvalue weighted by Gasteiger charge is 2.52. The third kappa shape index (κ3) is 3.83. The molecule has 0 saturated carbocycles. The van der Waals surface area contributed by atoms with Gasteiger partial charge in [-0.2, -0.15) is 0 Å². The average molecular weight is 320 g/mol. The monoisotopic (exact) mass is 320 g/mol. The fraction of sp³-hybridized carbons (Fsp3) is 0.529. The van der Waals surface area contributed by atoms with Crippen molar-refractivity contribution in [1.82, 2.24) is 5.32 Å². The summed E-state index contributed by atoms with van der Waals surface area (Å²) in [6, 6.07) is 4.62. The summed E-state index contributed by atoms with van der Waals surface area (Å²) >= 11 is 0. The molecule has 126 valence electrons. The molecule has 2 rings (SSSR count). The molecule has 0 aliphatic carbocycles. The Kier molecular flexibility index (Phi) is 5.31. The number of hydrogen-bond donors (Lipinski definition) is 2. The minimum absolute atomic E-state index is 0.286. The number of benzene rings is 1. The van der Waals surface area contributed by atoms with Crippen molar-refractivity contribution < 1.29 is 13.7 Å². The normalized spacial score (nSPS) is 20.1. The Hall–Kier alpha value is -1.21. The second-order valence-corrected chi connectivity index (χ2v) is 6.89. The van der Waals surface area contributed by atoms with E-state index in [1.807, 2.05) is 40.8 Å². The van der Waals surface area contributed by atoms with Gasteiger partial charge in [0.05, 0.1) is 11.2 Å². The van der Waals surface area contributed by atoms with Crippen LogP contribution in [0.1, 0.15) is 38.8 Å². The molecule has 6 heteroatoms. The number of nitrogens with one attached hydrogen (secondary N) is 1. The summed E-state index contributed by atoms with van der Waals surface area (Å²) in [4.78, 5) is 0. The molecular formula is C17H26BFN2O2. The summed E-state index contributed by atoms with van der Waals surface area (Å²) in [5.74, 6) is -0.286. The Morgan fingerprint density at radius 1 is 1.26 bits per heavy atom. The van der Waals surface area contributed by atoms with Gasteiger partial charge in [0.1, 0.15) is 5.82 Å². The van der Waals surface area contributed by atoms with Crippen molar-refractivity contribution >= 4 is 13.2 Å². The van der Waals surface area contributed by atoms with E-state index >= 15 is 0 Å². The van der Waals surface area contributed by atoms with E-state index in [4.69, 9.17) is 15.0 Å². The van der Waals surface area contributed by atoms with Crippen molar-refractivity contribution in [3.05, 3.63) is 40.6 Å². The molecule has 0 atom stereocenters. The van der Waals surface area contributed by atoms with E-state index in [1.54, 1.807) is 6.07 Å². The van der Waals surface area contributed by atoms with Crippen LogP contribution in [0.5, 0.6) is 0 Å². The Morgan fingerprint density at radius 2 is 1.87 bits per heavy atom. The first-order valence-corrected chi connectivity index (χ1v) is 7.89. The first kappa shape index (κ1) is 18.1. The van der Waals surface area contributed by atoms with E-state index in [1.165, 1.54) is 12.1 Å². The second kappa shape index (κ2) is 6.73. The van der Waals surface area contributed by atoms with Gasteiger partial charge in [0.2, 0.25) is 0 Å². The lowest BCUT2D eigenvalue weighted by atomic mass is 9.76. The molecule has 0 spiro atoms. The van der Waals surface area contributed by atoms with E-state index in [-0.39, 0.29) is 5.82 Å². The fourth-order valence-corrected chi connectivity index (χ4v) is 2.49. The van der Waals surface area contributed by atoms with E-state index in [0.29, 0.717) is 13.1 Å². The standard InChI is InChI=1S/C17H26BFN2O2/c1-16(2)17(3,4)23-18(22-16)14(11-21-5)8-13-9-15(19)7-6-12(13)10-20/h6-9,21H,10-11,20H2,1-5H3. The van der Waals surface area contributed by atoms with Crippen molar-refractivity contribution in [3.63, 3.8) is 0 Å². The first-order chi connectivity index (χ1) is 10.7. The quantitative estimate of drug-likeness (QED) is 0.819. The lowest BCUT2D eigenvalue weighted by Gasteiger charge is -2.32. The molecular weight excluding hydrogens is 294 g/mol. The number of hydrogen-bond acceptors (Lipinski definition) is 4. The largest absolute Gasteiger partial charge is 0.491 e. The molecule has 0 unspecified atom stereocenters. The average Bonchev–Trinajstić information content (AvgIpc) is 2.67. The van der Waals surface area contributed by atoms with Gasteiger partial charge in [0, 0.05) is 13.1 Å². The number of likely N-dealkylation sites (N-methyl/N-ethyl adjacent to an activating group) is 1. The van der Waals surface area contributed by atoms with Gasteiger partial charge in [0.25, 0.3) is 0 Å². The zero-order valence-electron chi connectivity index (χ0n) is 14.6. The SMILES string of the molecule is CNCC(=Cc1cc(F)ccc1CN)B1OC(C)(C)C(C)(C)O1. The Morgan fingerprint density at radius 3 is 2.39 bits per heavy atom. The summed E-state index contributed by atoms with van der Waals surface area (Å²) in [5.41, 5.74) is 7.48. The summed E-state index contributed by atoms with van der Waals surface area (Å²) < 4.78 is 25.8.